The first-order chi connectivity index (χ1) is 9.86. The lowest BCUT2D eigenvalue weighted by Crippen LogP contribution is -2.30. The second-order valence-electron chi connectivity index (χ2n) is 5.16. The Hall–Kier alpha value is -1.66. The summed E-state index contributed by atoms with van der Waals surface area (Å²) in [6.07, 6.45) is 2.05. The molecule has 114 valence electrons. The second kappa shape index (κ2) is 5.99. The van der Waals surface area contributed by atoms with Gasteiger partial charge < -0.3 is 4.98 Å². The van der Waals surface area contributed by atoms with Crippen LogP contribution in [0.1, 0.15) is 36.8 Å². The third-order valence-corrected chi connectivity index (χ3v) is 5.54. The molecule has 0 spiro atoms. The van der Waals surface area contributed by atoms with Gasteiger partial charge in [0.15, 0.2) is 5.03 Å². The molecule has 0 saturated carbocycles. The van der Waals surface area contributed by atoms with Gasteiger partial charge in [0, 0.05) is 19.5 Å². The van der Waals surface area contributed by atoms with E-state index in [1.54, 1.807) is 7.05 Å². The number of H-pyrrole nitrogens is 1. The van der Waals surface area contributed by atoms with Crippen molar-refractivity contribution in [3.05, 3.63) is 47.4 Å². The molecule has 1 aromatic heterocycles. The van der Waals surface area contributed by atoms with Gasteiger partial charge in [0.25, 0.3) is 10.0 Å². The van der Waals surface area contributed by atoms with Crippen molar-refractivity contribution in [1.82, 2.24) is 14.3 Å². The van der Waals surface area contributed by atoms with Crippen molar-refractivity contribution in [2.24, 2.45) is 0 Å². The highest BCUT2D eigenvalue weighted by molar-refractivity contribution is 7.89. The van der Waals surface area contributed by atoms with E-state index in [1.807, 2.05) is 45.0 Å². The predicted molar refractivity (Wildman–Crippen MR) is 82.5 cm³/mol. The number of aromatic amines is 1. The first kappa shape index (κ1) is 15.7. The fraction of sp³-hybridized carbons (Fsp3) is 0.400. The number of nitrogens with zero attached hydrogens (tertiary/aromatic N) is 2. The van der Waals surface area contributed by atoms with Gasteiger partial charge in [-0.1, -0.05) is 36.8 Å². The SMILES string of the molecule is CCc1ncc(S(=O)(=O)N(C)C(C)c2ccc(C)cc2)[nH]1. The van der Waals surface area contributed by atoms with Crippen molar-refractivity contribution in [2.75, 3.05) is 7.05 Å². The van der Waals surface area contributed by atoms with Gasteiger partial charge in [-0.3, -0.25) is 0 Å². The summed E-state index contributed by atoms with van der Waals surface area (Å²) in [6, 6.07) is 7.63. The molecule has 5 nitrogen and oxygen atoms in total. The Kier molecular flexibility index (Phi) is 4.49. The number of hydrogen-bond donors (Lipinski definition) is 1. The predicted octanol–water partition coefficient (Wildman–Crippen LogP) is 2.66. The van der Waals surface area contributed by atoms with Gasteiger partial charge in [0.05, 0.1) is 6.20 Å². The first-order valence-corrected chi connectivity index (χ1v) is 8.38. The molecule has 0 aliphatic heterocycles. The van der Waals surface area contributed by atoms with E-state index >= 15 is 0 Å². The van der Waals surface area contributed by atoms with E-state index in [0.717, 1.165) is 11.1 Å². The van der Waals surface area contributed by atoms with Gasteiger partial charge in [-0.25, -0.2) is 13.4 Å². The Balaban J connectivity index is 2.28. The smallest absolute Gasteiger partial charge is 0.260 e. The quantitative estimate of drug-likeness (QED) is 0.923. The van der Waals surface area contributed by atoms with Crippen LogP contribution in [0, 0.1) is 6.92 Å². The molecule has 0 amide bonds. The molecule has 21 heavy (non-hydrogen) atoms. The zero-order valence-electron chi connectivity index (χ0n) is 12.8. The molecular formula is C15H21N3O2S. The van der Waals surface area contributed by atoms with E-state index in [2.05, 4.69) is 9.97 Å². The van der Waals surface area contributed by atoms with E-state index in [0.29, 0.717) is 12.2 Å². The van der Waals surface area contributed by atoms with Crippen LogP contribution in [0.4, 0.5) is 0 Å². The Morgan fingerprint density at radius 1 is 1.29 bits per heavy atom. The summed E-state index contributed by atoms with van der Waals surface area (Å²) < 4.78 is 26.6. The van der Waals surface area contributed by atoms with Gasteiger partial charge in [-0.05, 0) is 19.4 Å². The standard InChI is InChI=1S/C15H21N3O2S/c1-5-14-16-10-15(17-14)21(19,20)18(4)12(3)13-8-6-11(2)7-9-13/h6-10,12H,5H2,1-4H3,(H,16,17). The fourth-order valence-corrected chi connectivity index (χ4v) is 3.35. The summed E-state index contributed by atoms with van der Waals surface area (Å²) in [7, 11) is -1.98. The lowest BCUT2D eigenvalue weighted by molar-refractivity contribution is 0.397. The summed E-state index contributed by atoms with van der Waals surface area (Å²) in [6.45, 7) is 5.80. The summed E-state index contributed by atoms with van der Waals surface area (Å²) in [5.74, 6) is 0.671. The molecule has 0 aliphatic rings. The molecule has 0 aliphatic carbocycles. The minimum absolute atomic E-state index is 0.140. The van der Waals surface area contributed by atoms with Crippen LogP contribution in [0.25, 0.3) is 0 Å². The van der Waals surface area contributed by atoms with Crippen LogP contribution < -0.4 is 0 Å². The number of imidazole rings is 1. The summed E-state index contributed by atoms with van der Waals surface area (Å²) in [4.78, 5) is 6.92. The Bertz CT molecular complexity index is 705. The molecule has 6 heteroatoms. The molecule has 1 aromatic carbocycles. The molecular weight excluding hydrogens is 286 g/mol. The van der Waals surface area contributed by atoms with Gasteiger partial charge in [-0.2, -0.15) is 4.31 Å². The van der Waals surface area contributed by atoms with E-state index in [1.165, 1.54) is 10.5 Å². The van der Waals surface area contributed by atoms with Crippen LogP contribution >= 0.6 is 0 Å². The van der Waals surface area contributed by atoms with Crippen molar-refractivity contribution in [3.8, 4) is 0 Å². The minimum atomic E-state index is -3.57. The molecule has 2 aromatic rings. The fourth-order valence-electron chi connectivity index (χ4n) is 2.07. The molecule has 2 rings (SSSR count). The highest BCUT2D eigenvalue weighted by Gasteiger charge is 2.27. The maximum absolute atomic E-state index is 12.6. The molecule has 0 bridgehead atoms. The van der Waals surface area contributed by atoms with E-state index in [9.17, 15) is 8.42 Å². The molecule has 1 unspecified atom stereocenters. The molecule has 1 atom stereocenters. The van der Waals surface area contributed by atoms with Crippen LogP contribution in [0.3, 0.4) is 0 Å². The summed E-state index contributed by atoms with van der Waals surface area (Å²) in [5.41, 5.74) is 2.11. The van der Waals surface area contributed by atoms with Crippen molar-refractivity contribution in [1.29, 1.82) is 0 Å². The van der Waals surface area contributed by atoms with Crippen LogP contribution in [-0.4, -0.2) is 29.7 Å². The Morgan fingerprint density at radius 2 is 1.90 bits per heavy atom. The lowest BCUT2D eigenvalue weighted by Gasteiger charge is -2.24. The van der Waals surface area contributed by atoms with Crippen molar-refractivity contribution in [2.45, 2.75) is 38.3 Å². The third kappa shape index (κ3) is 3.16. The largest absolute Gasteiger partial charge is 0.332 e. The molecule has 0 saturated heterocycles. The molecule has 1 heterocycles. The van der Waals surface area contributed by atoms with Gasteiger partial charge in [-0.15, -0.1) is 0 Å². The number of sulfonamides is 1. The van der Waals surface area contributed by atoms with Gasteiger partial charge in [0.2, 0.25) is 0 Å². The zero-order chi connectivity index (χ0) is 15.6. The number of benzene rings is 1. The van der Waals surface area contributed by atoms with E-state index < -0.39 is 10.0 Å². The third-order valence-electron chi connectivity index (χ3n) is 3.70. The number of aromatic nitrogens is 2. The average Bonchev–Trinajstić information content (AvgIpc) is 2.96. The molecule has 0 fully saturated rings. The van der Waals surface area contributed by atoms with E-state index in [-0.39, 0.29) is 11.1 Å². The minimum Gasteiger partial charge on any atom is -0.332 e. The Morgan fingerprint density at radius 3 is 2.43 bits per heavy atom. The van der Waals surface area contributed by atoms with Crippen molar-refractivity contribution in [3.63, 3.8) is 0 Å². The second-order valence-corrected chi connectivity index (χ2v) is 7.12. The zero-order valence-corrected chi connectivity index (χ0v) is 13.6. The van der Waals surface area contributed by atoms with Crippen LogP contribution in [0.2, 0.25) is 0 Å². The van der Waals surface area contributed by atoms with Crippen LogP contribution in [0.5, 0.6) is 0 Å². The van der Waals surface area contributed by atoms with Crippen LogP contribution in [0.15, 0.2) is 35.5 Å². The average molecular weight is 307 g/mol. The van der Waals surface area contributed by atoms with Crippen LogP contribution in [-0.2, 0) is 16.4 Å². The highest BCUT2D eigenvalue weighted by Crippen LogP contribution is 2.25. The highest BCUT2D eigenvalue weighted by atomic mass is 32.2. The van der Waals surface area contributed by atoms with Crippen molar-refractivity contribution >= 4 is 10.0 Å². The molecule has 1 N–H and O–H groups in total. The van der Waals surface area contributed by atoms with Gasteiger partial charge in [0.1, 0.15) is 5.82 Å². The number of hydrogen-bond acceptors (Lipinski definition) is 3. The molecule has 0 radical (unpaired) electrons. The van der Waals surface area contributed by atoms with Crippen molar-refractivity contribution < 1.29 is 8.42 Å². The number of rotatable bonds is 5. The first-order valence-electron chi connectivity index (χ1n) is 6.94. The number of aryl methyl sites for hydroxylation is 2. The normalized spacial score (nSPS) is 13.6. The Labute approximate surface area is 126 Å². The maximum atomic E-state index is 12.6. The monoisotopic (exact) mass is 307 g/mol. The van der Waals surface area contributed by atoms with Gasteiger partial charge >= 0.3 is 0 Å². The topological polar surface area (TPSA) is 66.1 Å². The lowest BCUT2D eigenvalue weighted by atomic mass is 10.1. The number of nitrogens with one attached hydrogen (secondary N) is 1. The summed E-state index contributed by atoms with van der Waals surface area (Å²) in [5, 5.41) is 0.140. The van der Waals surface area contributed by atoms with E-state index in [4.69, 9.17) is 0 Å². The summed E-state index contributed by atoms with van der Waals surface area (Å²) >= 11 is 0. The maximum Gasteiger partial charge on any atom is 0.260 e.